The smallest absolute Gasteiger partial charge is 0.113 e. The Morgan fingerprint density at radius 2 is 0.909 bits per heavy atom. The van der Waals surface area contributed by atoms with E-state index in [0.29, 0.717) is 0 Å². The first kappa shape index (κ1) is 42.5. The van der Waals surface area contributed by atoms with E-state index in [2.05, 4.69) is 207 Å². The fraction of sp³-hybridized carbons (Fsp3) is 0.542. The number of benzene rings is 2. The first-order valence-electron chi connectivity index (χ1n) is 20.0. The highest BCUT2D eigenvalue weighted by molar-refractivity contribution is 8.90. The van der Waals surface area contributed by atoms with Crippen LogP contribution in [0.4, 0.5) is 0 Å². The summed E-state index contributed by atoms with van der Waals surface area (Å²) in [6, 6.07) is 19.7. The third-order valence-electron chi connectivity index (χ3n) is 11.7. The quantitative estimate of drug-likeness (QED) is 0.148. The summed E-state index contributed by atoms with van der Waals surface area (Å²) in [6.07, 6.45) is 0. The van der Waals surface area contributed by atoms with Crippen LogP contribution in [-0.4, -0.2) is 8.98 Å². The van der Waals surface area contributed by atoms with Crippen LogP contribution in [0.5, 0.6) is 0 Å². The van der Waals surface area contributed by atoms with Gasteiger partial charge in [-0.05, 0) is 99.6 Å². The lowest BCUT2D eigenvalue weighted by molar-refractivity contribution is 0.552. The first-order valence-corrected chi connectivity index (χ1v) is 28.7. The van der Waals surface area contributed by atoms with Crippen molar-refractivity contribution in [3.63, 3.8) is 0 Å². The van der Waals surface area contributed by atoms with Crippen molar-refractivity contribution in [2.45, 2.75) is 166 Å². The van der Waals surface area contributed by atoms with E-state index < -0.39 is 12.4 Å². The maximum Gasteiger partial charge on any atom is 0.113 e. The maximum absolute atomic E-state index is 7.55. The van der Waals surface area contributed by atoms with Gasteiger partial charge in [0.25, 0.3) is 0 Å². The van der Waals surface area contributed by atoms with Crippen LogP contribution in [0.3, 0.4) is 0 Å². The average molecular weight is 863 g/mol. The molecule has 4 heterocycles. The summed E-state index contributed by atoms with van der Waals surface area (Å²) in [6.45, 7) is 43.5. The molecule has 0 amide bonds. The van der Waals surface area contributed by atoms with Crippen molar-refractivity contribution in [1.82, 2.24) is 0 Å². The van der Waals surface area contributed by atoms with Gasteiger partial charge in [0.1, 0.15) is 8.98 Å². The summed E-state index contributed by atoms with van der Waals surface area (Å²) in [5.74, 6) is 0. The zero-order valence-corrected chi connectivity index (χ0v) is 42.6. The third-order valence-corrected chi connectivity index (χ3v) is 28.8. The van der Waals surface area contributed by atoms with Crippen LogP contribution in [0.1, 0.15) is 168 Å². The van der Waals surface area contributed by atoms with Gasteiger partial charge >= 0.3 is 0 Å². The molecular formula is C48H64P2S5. The summed E-state index contributed by atoms with van der Waals surface area (Å²) in [5.41, 5.74) is 12.1. The van der Waals surface area contributed by atoms with Crippen LogP contribution in [0.25, 0.3) is 11.1 Å². The van der Waals surface area contributed by atoms with E-state index in [1.54, 1.807) is 27.6 Å². The third kappa shape index (κ3) is 6.57. The van der Waals surface area contributed by atoms with E-state index in [4.69, 9.17) is 11.8 Å². The Morgan fingerprint density at radius 1 is 0.527 bits per heavy atom. The van der Waals surface area contributed by atoms with Gasteiger partial charge in [0.15, 0.2) is 0 Å². The molecule has 296 valence electrons. The Labute approximate surface area is 357 Å². The molecule has 2 aromatic carbocycles. The second-order valence-corrected chi connectivity index (χ2v) is 36.5. The van der Waals surface area contributed by atoms with Crippen molar-refractivity contribution in [1.29, 1.82) is 0 Å². The van der Waals surface area contributed by atoms with Crippen molar-refractivity contribution in [2.75, 3.05) is 0 Å². The molecule has 55 heavy (non-hydrogen) atoms. The minimum atomic E-state index is -2.25. The molecule has 2 aromatic heterocycles. The molecule has 3 aliphatic rings. The molecule has 4 aromatic rings. The summed E-state index contributed by atoms with van der Waals surface area (Å²) in [7, 11) is -0.633. The zero-order chi connectivity index (χ0) is 40.9. The number of rotatable bonds is 4. The van der Waals surface area contributed by atoms with Gasteiger partial charge in [0, 0.05) is 27.8 Å². The minimum Gasteiger partial charge on any atom is -0.144 e. The lowest BCUT2D eigenvalue weighted by Crippen LogP contribution is -2.44. The van der Waals surface area contributed by atoms with Gasteiger partial charge in [0.2, 0.25) is 0 Å². The lowest BCUT2D eigenvalue weighted by atomic mass is 9.75. The Hall–Kier alpha value is -0.640. The van der Waals surface area contributed by atoms with Crippen molar-refractivity contribution in [3.8, 4) is 0 Å². The topological polar surface area (TPSA) is 0 Å². The fourth-order valence-electron chi connectivity index (χ4n) is 8.48. The molecule has 2 spiro atoms. The molecule has 4 unspecified atom stereocenters. The Morgan fingerprint density at radius 3 is 1.25 bits per heavy atom. The highest BCUT2D eigenvalue weighted by atomic mass is 33.0. The summed E-state index contributed by atoms with van der Waals surface area (Å²) in [4.78, 5) is 2.86. The molecule has 0 radical (unpaired) electrons. The molecule has 2 fully saturated rings. The first-order chi connectivity index (χ1) is 24.9. The van der Waals surface area contributed by atoms with Crippen molar-refractivity contribution < 1.29 is 0 Å². The van der Waals surface area contributed by atoms with Crippen molar-refractivity contribution >= 4 is 91.4 Å². The second kappa shape index (κ2) is 12.9. The van der Waals surface area contributed by atoms with E-state index >= 15 is 0 Å². The van der Waals surface area contributed by atoms with E-state index in [-0.39, 0.29) is 41.5 Å². The zero-order valence-electron chi connectivity index (χ0n) is 36.7. The van der Waals surface area contributed by atoms with Crippen LogP contribution >= 0.6 is 57.8 Å². The van der Waals surface area contributed by atoms with E-state index in [9.17, 15) is 0 Å². The molecule has 0 N–H and O–H groups in total. The standard InChI is InChI=1S/C48H64P2S5/c1-41(2,3)29-25-31(43(7,8)9)39(32(26-29)44(10,11)12)49-47(54-49)37(35-21-19-23-52-35)38(36-22-20-24-53-36)48(47)50(51,55-48)40-33(45(13,14)15)27-30(42(4,5)6)28-34(40)46(16,17)18/h19-28H,1-18H3. The van der Waals surface area contributed by atoms with Crippen LogP contribution in [0.2, 0.25) is 0 Å². The van der Waals surface area contributed by atoms with Gasteiger partial charge in [-0.3, -0.25) is 0 Å². The van der Waals surface area contributed by atoms with Gasteiger partial charge < -0.3 is 0 Å². The number of fused-ring (bicyclic) bond motifs is 1. The predicted octanol–water partition coefficient (Wildman–Crippen LogP) is 15.8. The van der Waals surface area contributed by atoms with E-state index in [0.717, 1.165) is 0 Å². The van der Waals surface area contributed by atoms with Crippen LogP contribution in [0.15, 0.2) is 59.3 Å². The largest absolute Gasteiger partial charge is 0.144 e. The number of hydrogen-bond acceptors (Lipinski definition) is 5. The van der Waals surface area contributed by atoms with Gasteiger partial charge in [-0.1, -0.05) is 184 Å². The SMILES string of the molecule is CC(C)(C)c1cc(C(C)(C)C)c(P2SC23C(c2cccs2)=C(c2cccs2)C32SP2(=S)c2c(C(C)(C)C)cc(C(C)(C)C)cc2C(C)(C)C)c(C(C)(C)C)c1. The lowest BCUT2D eigenvalue weighted by Gasteiger charge is -2.44. The summed E-state index contributed by atoms with van der Waals surface area (Å²) >= 11 is 16.0. The predicted molar refractivity (Wildman–Crippen MR) is 262 cm³/mol. The minimum absolute atomic E-state index is 0.00204. The number of hydrogen-bond donors (Lipinski definition) is 0. The average Bonchev–Trinajstić information content (AvgIpc) is 3.70. The highest BCUT2D eigenvalue weighted by Gasteiger charge is 2.91. The number of thiophene rings is 2. The highest BCUT2D eigenvalue weighted by Crippen LogP contribution is 3.14. The van der Waals surface area contributed by atoms with Crippen molar-refractivity contribution in [3.05, 3.63) is 102 Å². The van der Waals surface area contributed by atoms with Gasteiger partial charge in [-0.25, -0.2) is 0 Å². The van der Waals surface area contributed by atoms with Crippen LogP contribution in [-0.2, 0) is 44.3 Å². The molecular weight excluding hydrogens is 799 g/mol. The molecule has 0 nitrogen and oxygen atoms in total. The van der Waals surface area contributed by atoms with Gasteiger partial charge in [-0.15, -0.1) is 34.1 Å². The molecule has 2 saturated heterocycles. The van der Waals surface area contributed by atoms with Crippen LogP contribution in [0, 0.1) is 0 Å². The summed E-state index contributed by atoms with van der Waals surface area (Å²) < 4.78 is -0.158. The molecule has 7 heteroatoms. The molecule has 4 atom stereocenters. The fourth-order valence-corrected chi connectivity index (χ4v) is 31.8. The van der Waals surface area contributed by atoms with Gasteiger partial charge in [-0.2, -0.15) is 0 Å². The van der Waals surface area contributed by atoms with Crippen LogP contribution < -0.4 is 10.6 Å². The molecule has 0 saturated carbocycles. The van der Waals surface area contributed by atoms with Gasteiger partial charge in [0.05, 0.1) is 5.24 Å². The summed E-state index contributed by atoms with van der Waals surface area (Å²) in [5, 5.41) is 5.52. The molecule has 2 aliphatic heterocycles. The molecule has 1 aliphatic carbocycles. The normalized spacial score (nSPS) is 25.9. The molecule has 0 bridgehead atoms. The van der Waals surface area contributed by atoms with E-state index in [1.807, 2.05) is 22.7 Å². The Kier molecular flexibility index (Phi) is 9.99. The Balaban J connectivity index is 1.60. The Bertz CT molecular complexity index is 2180. The molecule has 7 rings (SSSR count). The van der Waals surface area contributed by atoms with Crippen molar-refractivity contribution in [2.24, 2.45) is 0 Å². The monoisotopic (exact) mass is 862 g/mol. The maximum atomic E-state index is 7.55. The van der Waals surface area contributed by atoms with E-state index in [1.165, 1.54) is 37.3 Å². The second-order valence-electron chi connectivity index (χ2n) is 22.4.